The first-order valence-corrected chi connectivity index (χ1v) is 13.9. The van der Waals surface area contributed by atoms with Crippen LogP contribution in [-0.4, -0.2) is 37.3 Å². The van der Waals surface area contributed by atoms with Crippen molar-refractivity contribution in [2.24, 2.45) is 5.10 Å². The highest BCUT2D eigenvalue weighted by molar-refractivity contribution is 8.19. The van der Waals surface area contributed by atoms with E-state index in [4.69, 9.17) is 37.4 Å². The molecule has 1 aliphatic rings. The van der Waals surface area contributed by atoms with Gasteiger partial charge in [0.25, 0.3) is 5.91 Å². The normalized spacial score (nSPS) is 13.6. The molecule has 1 amide bonds. The summed E-state index contributed by atoms with van der Waals surface area (Å²) in [5, 5.41) is 4.94. The average molecular weight is 564 g/mol. The Bertz CT molecular complexity index is 1220. The van der Waals surface area contributed by atoms with Crippen molar-refractivity contribution in [2.75, 3.05) is 25.2 Å². The Morgan fingerprint density at radius 3 is 2.53 bits per heavy atom. The van der Waals surface area contributed by atoms with Gasteiger partial charge in [0.1, 0.15) is 12.4 Å². The number of rotatable bonds is 10. The molecule has 0 spiro atoms. The van der Waals surface area contributed by atoms with Crippen LogP contribution in [0.5, 0.6) is 17.2 Å². The van der Waals surface area contributed by atoms with Gasteiger partial charge in [-0.15, -0.1) is 23.5 Å². The van der Waals surface area contributed by atoms with Crippen molar-refractivity contribution in [1.29, 1.82) is 0 Å². The number of thioether (sulfide) groups is 2. The molecule has 6 nitrogen and oxygen atoms in total. The highest BCUT2D eigenvalue weighted by Gasteiger charge is 2.18. The van der Waals surface area contributed by atoms with Crippen molar-refractivity contribution < 1.29 is 19.0 Å². The maximum Gasteiger partial charge on any atom is 0.277 e. The molecule has 0 atom stereocenters. The minimum Gasteiger partial charge on any atom is -0.493 e. The van der Waals surface area contributed by atoms with E-state index in [0.717, 1.165) is 5.56 Å². The van der Waals surface area contributed by atoms with Gasteiger partial charge in [0.05, 0.1) is 22.9 Å². The molecule has 1 heterocycles. The Balaban J connectivity index is 1.29. The summed E-state index contributed by atoms with van der Waals surface area (Å²) >= 11 is 16.5. The van der Waals surface area contributed by atoms with E-state index in [-0.39, 0.29) is 19.1 Å². The predicted molar refractivity (Wildman–Crippen MR) is 149 cm³/mol. The highest BCUT2D eigenvalue weighted by atomic mass is 35.5. The number of methoxy groups -OCH3 is 1. The lowest BCUT2D eigenvalue weighted by Gasteiger charge is -2.14. The molecule has 0 bridgehead atoms. The molecule has 1 fully saturated rings. The van der Waals surface area contributed by atoms with Crippen LogP contribution in [0.15, 0.2) is 65.8 Å². The van der Waals surface area contributed by atoms with Gasteiger partial charge < -0.3 is 14.2 Å². The summed E-state index contributed by atoms with van der Waals surface area (Å²) in [7, 11) is 1.52. The number of amides is 1. The molecule has 0 radical (unpaired) electrons. The van der Waals surface area contributed by atoms with Crippen LogP contribution in [0.3, 0.4) is 0 Å². The third-order valence-corrected chi connectivity index (χ3v) is 8.88. The topological polar surface area (TPSA) is 69.2 Å². The monoisotopic (exact) mass is 562 g/mol. The Morgan fingerprint density at radius 2 is 1.81 bits per heavy atom. The van der Waals surface area contributed by atoms with Crippen molar-refractivity contribution in [3.8, 4) is 17.2 Å². The molecule has 188 valence electrons. The molecule has 4 rings (SSSR count). The number of hydrazone groups is 1. The molecule has 3 aromatic carbocycles. The lowest BCUT2D eigenvalue weighted by atomic mass is 10.2. The molecule has 0 aromatic heterocycles. The Morgan fingerprint density at radius 1 is 1.06 bits per heavy atom. The van der Waals surface area contributed by atoms with Crippen LogP contribution in [0.25, 0.3) is 0 Å². The van der Waals surface area contributed by atoms with E-state index < -0.39 is 0 Å². The third-order valence-electron chi connectivity index (χ3n) is 5.13. The lowest BCUT2D eigenvalue weighted by Crippen LogP contribution is -2.24. The van der Waals surface area contributed by atoms with Gasteiger partial charge in [0.2, 0.25) is 0 Å². The molecule has 3 aromatic rings. The first-order valence-electron chi connectivity index (χ1n) is 11.0. The van der Waals surface area contributed by atoms with Gasteiger partial charge in [-0.3, -0.25) is 4.79 Å². The first kappa shape index (κ1) is 26.5. The van der Waals surface area contributed by atoms with E-state index in [1.54, 1.807) is 18.2 Å². The summed E-state index contributed by atoms with van der Waals surface area (Å²) in [4.78, 5) is 12.1. The number of nitrogens with one attached hydrogen (secondary N) is 1. The zero-order chi connectivity index (χ0) is 25.3. The van der Waals surface area contributed by atoms with Crippen LogP contribution in [0.2, 0.25) is 10.0 Å². The number of hydrogen-bond donors (Lipinski definition) is 1. The Labute approximate surface area is 228 Å². The largest absolute Gasteiger partial charge is 0.493 e. The first-order chi connectivity index (χ1) is 17.5. The molecular weight excluding hydrogens is 539 g/mol. The summed E-state index contributed by atoms with van der Waals surface area (Å²) in [5.74, 6) is 3.43. The van der Waals surface area contributed by atoms with Gasteiger partial charge in [-0.2, -0.15) is 5.10 Å². The quantitative estimate of drug-likeness (QED) is 0.222. The number of halogens is 2. The van der Waals surface area contributed by atoms with Crippen LogP contribution in [-0.2, 0) is 11.4 Å². The van der Waals surface area contributed by atoms with Gasteiger partial charge >= 0.3 is 0 Å². The van der Waals surface area contributed by atoms with Crippen LogP contribution in [0.4, 0.5) is 0 Å². The summed E-state index contributed by atoms with van der Waals surface area (Å²) in [6.45, 7) is 0.0863. The number of carbonyl (C=O) groups excluding carboxylic acids is 1. The van der Waals surface area contributed by atoms with E-state index in [1.807, 2.05) is 66.0 Å². The van der Waals surface area contributed by atoms with Crippen molar-refractivity contribution in [3.63, 3.8) is 0 Å². The van der Waals surface area contributed by atoms with Crippen molar-refractivity contribution >= 4 is 58.8 Å². The van der Waals surface area contributed by atoms with E-state index in [0.29, 0.717) is 37.4 Å². The van der Waals surface area contributed by atoms with E-state index in [9.17, 15) is 4.79 Å². The highest BCUT2D eigenvalue weighted by Crippen LogP contribution is 2.45. The summed E-state index contributed by atoms with van der Waals surface area (Å²) in [5.41, 5.74) is 5.17. The molecule has 0 saturated carbocycles. The number of ether oxygens (including phenoxy) is 3. The van der Waals surface area contributed by atoms with Gasteiger partial charge in [-0.05, 0) is 41.5 Å². The second kappa shape index (κ2) is 13.1. The van der Waals surface area contributed by atoms with Crippen molar-refractivity contribution in [3.05, 3.63) is 87.4 Å². The fraction of sp³-hybridized carbons (Fsp3) is 0.231. The van der Waals surface area contributed by atoms with Gasteiger partial charge in [0, 0.05) is 22.1 Å². The molecule has 1 N–H and O–H groups in total. The molecular formula is C26H24Cl2N2O4S2. The minimum absolute atomic E-state index is 0.150. The maximum atomic E-state index is 12.1. The standard InChI is InChI=1S/C26H24Cl2N2O4S2/c1-32-23-13-17(12-22(28)25(23)34-15-19-4-2-3-5-21(19)27)14-29-30-24(31)16-33-20-8-6-18(7-9-20)26-35-10-11-36-26/h2-9,12-14,26H,10-11,15-16H2,1H3,(H,30,31)/b29-14-. The van der Waals surface area contributed by atoms with Gasteiger partial charge in [-0.1, -0.05) is 53.5 Å². The van der Waals surface area contributed by atoms with Crippen molar-refractivity contribution in [2.45, 2.75) is 11.2 Å². The zero-order valence-electron chi connectivity index (χ0n) is 19.4. The Hall–Kier alpha value is -2.52. The van der Waals surface area contributed by atoms with Crippen LogP contribution < -0.4 is 19.6 Å². The smallest absolute Gasteiger partial charge is 0.277 e. The summed E-state index contributed by atoms with van der Waals surface area (Å²) < 4.78 is 17.3. The second-order valence-corrected chi connectivity index (χ2v) is 11.2. The number of hydrogen-bond acceptors (Lipinski definition) is 7. The third kappa shape index (κ3) is 7.26. The van der Waals surface area contributed by atoms with E-state index in [2.05, 4.69) is 10.5 Å². The average Bonchev–Trinajstić information content (AvgIpc) is 3.43. The zero-order valence-corrected chi connectivity index (χ0v) is 22.6. The minimum atomic E-state index is -0.380. The Kier molecular flexibility index (Phi) is 9.69. The van der Waals surface area contributed by atoms with E-state index >= 15 is 0 Å². The molecule has 10 heteroatoms. The molecule has 0 unspecified atom stereocenters. The SMILES string of the molecule is COc1cc(/C=N\NC(=O)COc2ccc(C3SCCS3)cc2)cc(Cl)c1OCc1ccccc1Cl. The fourth-order valence-corrected chi connectivity index (χ4v) is 6.68. The second-order valence-electron chi connectivity index (χ2n) is 7.64. The van der Waals surface area contributed by atoms with Gasteiger partial charge in [0.15, 0.2) is 18.1 Å². The molecule has 1 aliphatic heterocycles. The number of benzene rings is 3. The number of nitrogens with zero attached hydrogens (tertiary/aromatic N) is 1. The predicted octanol–water partition coefficient (Wildman–Crippen LogP) is 6.59. The molecule has 1 saturated heterocycles. The van der Waals surface area contributed by atoms with Crippen molar-refractivity contribution in [1.82, 2.24) is 5.43 Å². The summed E-state index contributed by atoms with van der Waals surface area (Å²) in [6, 6.07) is 18.6. The van der Waals surface area contributed by atoms with Crippen LogP contribution in [0.1, 0.15) is 21.3 Å². The molecule has 0 aliphatic carbocycles. The van der Waals surface area contributed by atoms with Crippen LogP contribution >= 0.6 is 46.7 Å². The maximum absolute atomic E-state index is 12.1. The molecule has 36 heavy (non-hydrogen) atoms. The fourth-order valence-electron chi connectivity index (χ4n) is 3.35. The number of carbonyl (C=O) groups is 1. The van der Waals surface area contributed by atoms with Gasteiger partial charge in [-0.25, -0.2) is 5.43 Å². The summed E-state index contributed by atoms with van der Waals surface area (Å²) in [6.07, 6.45) is 1.47. The van der Waals surface area contributed by atoms with Crippen LogP contribution in [0, 0.1) is 0 Å². The van der Waals surface area contributed by atoms with E-state index in [1.165, 1.54) is 30.4 Å². The lowest BCUT2D eigenvalue weighted by molar-refractivity contribution is -0.123.